The van der Waals surface area contributed by atoms with E-state index in [0.717, 1.165) is 23.4 Å². The van der Waals surface area contributed by atoms with Gasteiger partial charge in [0, 0.05) is 22.9 Å². The number of benzene rings is 1. The Labute approximate surface area is 132 Å². The Balaban J connectivity index is 2.22. The monoisotopic (exact) mass is 318 g/mol. The Morgan fingerprint density at radius 3 is 2.61 bits per heavy atom. The summed E-state index contributed by atoms with van der Waals surface area (Å²) >= 11 is 0. The number of carbonyl (C=O) groups is 1. The molecule has 2 atom stereocenters. The fourth-order valence-electron chi connectivity index (χ4n) is 2.51. The van der Waals surface area contributed by atoms with Crippen LogP contribution in [0.15, 0.2) is 18.2 Å². The highest BCUT2D eigenvalue weighted by atomic mass is 19.1. The van der Waals surface area contributed by atoms with Gasteiger partial charge < -0.3 is 5.32 Å². The van der Waals surface area contributed by atoms with Crippen LogP contribution in [0.5, 0.6) is 0 Å². The number of nitriles is 1. The number of carbonyl (C=O) groups excluding carboxylic acids is 1. The summed E-state index contributed by atoms with van der Waals surface area (Å²) in [6.07, 6.45) is 0. The molecule has 2 N–H and O–H groups in total. The van der Waals surface area contributed by atoms with Crippen molar-refractivity contribution >= 4 is 5.91 Å². The summed E-state index contributed by atoms with van der Waals surface area (Å²) in [5.74, 6) is -2.62. The third kappa shape index (κ3) is 3.37. The Morgan fingerprint density at radius 2 is 2.09 bits per heavy atom. The number of aromatic amines is 1. The lowest BCUT2D eigenvalue weighted by atomic mass is 9.97. The molecule has 5 nitrogen and oxygen atoms in total. The van der Waals surface area contributed by atoms with E-state index in [1.807, 2.05) is 6.07 Å². The SMILES string of the molecule is Cc1n[nH]c(C)c1[C@@H](C)C(=O)N[C@@H](C#N)c1ccc(F)cc1F. The van der Waals surface area contributed by atoms with Crippen molar-refractivity contribution in [3.8, 4) is 6.07 Å². The second-order valence-electron chi connectivity index (χ2n) is 5.31. The molecule has 0 radical (unpaired) electrons. The smallest absolute Gasteiger partial charge is 0.228 e. The summed E-state index contributed by atoms with van der Waals surface area (Å²) in [5.41, 5.74) is 2.10. The summed E-state index contributed by atoms with van der Waals surface area (Å²) < 4.78 is 26.7. The van der Waals surface area contributed by atoms with Crippen LogP contribution in [0.1, 0.15) is 41.4 Å². The van der Waals surface area contributed by atoms with Crippen molar-refractivity contribution in [2.75, 3.05) is 0 Å². The molecule has 23 heavy (non-hydrogen) atoms. The van der Waals surface area contributed by atoms with Crippen LogP contribution >= 0.6 is 0 Å². The summed E-state index contributed by atoms with van der Waals surface area (Å²) in [5, 5.41) is 18.5. The van der Waals surface area contributed by atoms with Crippen molar-refractivity contribution in [2.45, 2.75) is 32.7 Å². The van der Waals surface area contributed by atoms with Gasteiger partial charge in [-0.15, -0.1) is 0 Å². The van der Waals surface area contributed by atoms with Gasteiger partial charge in [-0.3, -0.25) is 9.89 Å². The minimum Gasteiger partial charge on any atom is -0.336 e. The van der Waals surface area contributed by atoms with Crippen molar-refractivity contribution in [2.24, 2.45) is 0 Å². The molecule has 1 heterocycles. The Morgan fingerprint density at radius 1 is 1.39 bits per heavy atom. The van der Waals surface area contributed by atoms with Crippen LogP contribution in [0.25, 0.3) is 0 Å². The van der Waals surface area contributed by atoms with E-state index in [2.05, 4.69) is 15.5 Å². The van der Waals surface area contributed by atoms with Gasteiger partial charge in [0.1, 0.15) is 17.7 Å². The van der Waals surface area contributed by atoms with E-state index in [-0.39, 0.29) is 5.56 Å². The molecule has 2 aromatic rings. The predicted molar refractivity (Wildman–Crippen MR) is 79.3 cm³/mol. The maximum absolute atomic E-state index is 13.8. The van der Waals surface area contributed by atoms with E-state index in [1.54, 1.807) is 20.8 Å². The average Bonchev–Trinajstić information content (AvgIpc) is 2.83. The highest BCUT2D eigenvalue weighted by Crippen LogP contribution is 2.24. The number of H-pyrrole nitrogens is 1. The first-order valence-corrected chi connectivity index (χ1v) is 7.01. The fraction of sp³-hybridized carbons (Fsp3) is 0.312. The molecule has 1 amide bonds. The van der Waals surface area contributed by atoms with E-state index in [1.165, 1.54) is 0 Å². The van der Waals surface area contributed by atoms with E-state index in [9.17, 15) is 18.8 Å². The second kappa shape index (κ2) is 6.57. The number of halogens is 2. The predicted octanol–water partition coefficient (Wildman–Crippen LogP) is 2.79. The number of hydrogen-bond donors (Lipinski definition) is 2. The first kappa shape index (κ1) is 16.6. The van der Waals surface area contributed by atoms with E-state index >= 15 is 0 Å². The Kier molecular flexibility index (Phi) is 4.74. The highest BCUT2D eigenvalue weighted by molar-refractivity contribution is 5.84. The molecule has 1 aromatic heterocycles. The number of hydrogen-bond acceptors (Lipinski definition) is 3. The molecule has 7 heteroatoms. The standard InChI is InChI=1S/C16H16F2N4O/c1-8(15-9(2)21-22-10(15)3)16(23)20-14(7-19)12-5-4-11(17)6-13(12)18/h4-6,8,14H,1-3H3,(H,20,23)(H,21,22)/t8-,14+/m1/s1. The van der Waals surface area contributed by atoms with Gasteiger partial charge in [-0.25, -0.2) is 8.78 Å². The number of aromatic nitrogens is 2. The van der Waals surface area contributed by atoms with E-state index < -0.39 is 29.5 Å². The van der Waals surface area contributed by atoms with Gasteiger partial charge in [0.25, 0.3) is 0 Å². The van der Waals surface area contributed by atoms with Crippen LogP contribution in [0, 0.1) is 36.8 Å². The van der Waals surface area contributed by atoms with Gasteiger partial charge in [0.15, 0.2) is 0 Å². The Bertz CT molecular complexity index is 759. The number of aryl methyl sites for hydroxylation is 2. The average molecular weight is 318 g/mol. The molecule has 2 rings (SSSR count). The summed E-state index contributed by atoms with van der Waals surface area (Å²) in [6.45, 7) is 5.24. The second-order valence-corrected chi connectivity index (χ2v) is 5.31. The van der Waals surface area contributed by atoms with Crippen molar-refractivity contribution in [1.82, 2.24) is 15.5 Å². The number of nitrogens with one attached hydrogen (secondary N) is 2. The van der Waals surface area contributed by atoms with Gasteiger partial charge in [0.2, 0.25) is 5.91 Å². The highest BCUT2D eigenvalue weighted by Gasteiger charge is 2.25. The topological polar surface area (TPSA) is 81.6 Å². The first-order chi connectivity index (χ1) is 10.8. The maximum Gasteiger partial charge on any atom is 0.228 e. The molecule has 0 saturated heterocycles. The minimum absolute atomic E-state index is 0.0740. The van der Waals surface area contributed by atoms with Gasteiger partial charge in [-0.05, 0) is 26.8 Å². The summed E-state index contributed by atoms with van der Waals surface area (Å²) in [4.78, 5) is 12.4. The van der Waals surface area contributed by atoms with Gasteiger partial charge in [-0.1, -0.05) is 6.07 Å². The molecular weight excluding hydrogens is 302 g/mol. The van der Waals surface area contributed by atoms with Crippen molar-refractivity contribution in [1.29, 1.82) is 5.26 Å². The van der Waals surface area contributed by atoms with Gasteiger partial charge in [0.05, 0.1) is 17.7 Å². The molecule has 0 aliphatic carbocycles. The summed E-state index contributed by atoms with van der Waals surface area (Å²) in [7, 11) is 0. The van der Waals surface area contributed by atoms with E-state index in [4.69, 9.17) is 0 Å². The number of rotatable bonds is 4. The van der Waals surface area contributed by atoms with Crippen LogP contribution in [0.2, 0.25) is 0 Å². The maximum atomic E-state index is 13.8. The van der Waals surface area contributed by atoms with Crippen LogP contribution in [-0.2, 0) is 4.79 Å². The largest absolute Gasteiger partial charge is 0.336 e. The number of amides is 1. The zero-order valence-electron chi connectivity index (χ0n) is 12.9. The Hall–Kier alpha value is -2.75. The van der Waals surface area contributed by atoms with Crippen molar-refractivity contribution < 1.29 is 13.6 Å². The number of nitrogens with zero attached hydrogens (tertiary/aromatic N) is 2. The third-order valence-corrected chi connectivity index (χ3v) is 3.70. The van der Waals surface area contributed by atoms with Crippen molar-refractivity contribution in [3.05, 3.63) is 52.3 Å². The molecule has 0 fully saturated rings. The summed E-state index contributed by atoms with van der Waals surface area (Å²) in [6, 6.07) is 3.50. The lowest BCUT2D eigenvalue weighted by molar-refractivity contribution is -0.122. The lowest BCUT2D eigenvalue weighted by Crippen LogP contribution is -2.32. The van der Waals surface area contributed by atoms with Gasteiger partial charge in [-0.2, -0.15) is 10.4 Å². The first-order valence-electron chi connectivity index (χ1n) is 7.01. The van der Waals surface area contributed by atoms with E-state index in [0.29, 0.717) is 11.8 Å². The van der Waals surface area contributed by atoms with Crippen LogP contribution in [0.3, 0.4) is 0 Å². The molecule has 0 aliphatic rings. The fourth-order valence-corrected chi connectivity index (χ4v) is 2.51. The molecule has 120 valence electrons. The van der Waals surface area contributed by atoms with Crippen LogP contribution in [-0.4, -0.2) is 16.1 Å². The minimum atomic E-state index is -1.20. The lowest BCUT2D eigenvalue weighted by Gasteiger charge is -2.17. The third-order valence-electron chi connectivity index (χ3n) is 3.70. The molecule has 0 bridgehead atoms. The molecule has 0 aliphatic heterocycles. The molecule has 1 aromatic carbocycles. The zero-order valence-corrected chi connectivity index (χ0v) is 12.9. The molecule has 0 spiro atoms. The van der Waals surface area contributed by atoms with Crippen LogP contribution in [0.4, 0.5) is 8.78 Å². The molecule has 0 saturated carbocycles. The molecular formula is C16H16F2N4O. The normalized spacial score (nSPS) is 13.2. The van der Waals surface area contributed by atoms with Gasteiger partial charge >= 0.3 is 0 Å². The zero-order chi connectivity index (χ0) is 17.1. The molecule has 0 unspecified atom stereocenters. The van der Waals surface area contributed by atoms with Crippen LogP contribution < -0.4 is 5.32 Å². The van der Waals surface area contributed by atoms with Crippen molar-refractivity contribution in [3.63, 3.8) is 0 Å². The quantitative estimate of drug-likeness (QED) is 0.909.